The molecule has 20 heavy (non-hydrogen) atoms. The zero-order valence-corrected chi connectivity index (χ0v) is 11.5. The Balaban J connectivity index is 1.76. The predicted molar refractivity (Wildman–Crippen MR) is 71.3 cm³/mol. The van der Waals surface area contributed by atoms with Gasteiger partial charge in [-0.2, -0.15) is 5.06 Å². The molecule has 0 radical (unpaired) electrons. The summed E-state index contributed by atoms with van der Waals surface area (Å²) < 4.78 is 10.7. The molecular weight excluding hydrogens is 258 g/mol. The lowest BCUT2D eigenvalue weighted by Gasteiger charge is -2.23. The monoisotopic (exact) mass is 277 g/mol. The van der Waals surface area contributed by atoms with Crippen LogP contribution in [-0.2, 0) is 25.7 Å². The van der Waals surface area contributed by atoms with Crippen molar-refractivity contribution in [2.75, 3.05) is 13.2 Å². The fourth-order valence-corrected chi connectivity index (χ4v) is 2.83. The maximum absolute atomic E-state index is 12.2. The molecule has 0 unspecified atom stereocenters. The van der Waals surface area contributed by atoms with Crippen LogP contribution in [-0.4, -0.2) is 36.6 Å². The molecule has 0 aromatic heterocycles. The Morgan fingerprint density at radius 1 is 1.40 bits per heavy atom. The maximum Gasteiger partial charge on any atom is 0.326 e. The summed E-state index contributed by atoms with van der Waals surface area (Å²) in [7, 11) is 0. The highest BCUT2D eigenvalue weighted by Gasteiger charge is 2.51. The van der Waals surface area contributed by atoms with Crippen LogP contribution in [0.4, 0.5) is 0 Å². The van der Waals surface area contributed by atoms with Gasteiger partial charge in [-0.05, 0) is 18.9 Å². The first kappa shape index (κ1) is 13.5. The molecule has 0 saturated carbocycles. The van der Waals surface area contributed by atoms with Gasteiger partial charge in [0.25, 0.3) is 0 Å². The standard InChI is InChI=1S/C15H19NO4/c1-2-18-14(17)13-12-8-9-19-15(12)20-16(13)10-11-6-4-3-5-7-11/h3-7,12-13,15H,2,8-10H2,1H3/t12-,13+,15+/m1/s1. The summed E-state index contributed by atoms with van der Waals surface area (Å²) in [6, 6.07) is 9.57. The predicted octanol–water partition coefficient (Wildman–Crippen LogP) is 1.73. The number of esters is 1. The first-order valence-electron chi connectivity index (χ1n) is 7.05. The third-order valence-electron chi connectivity index (χ3n) is 3.75. The van der Waals surface area contributed by atoms with Gasteiger partial charge in [-0.1, -0.05) is 30.3 Å². The van der Waals surface area contributed by atoms with Gasteiger partial charge in [0.2, 0.25) is 0 Å². The average molecular weight is 277 g/mol. The molecule has 108 valence electrons. The van der Waals surface area contributed by atoms with Crippen LogP contribution >= 0.6 is 0 Å². The Hall–Kier alpha value is -1.43. The van der Waals surface area contributed by atoms with Crippen LogP contribution in [0.1, 0.15) is 18.9 Å². The van der Waals surface area contributed by atoms with Gasteiger partial charge in [0.1, 0.15) is 6.04 Å². The molecule has 2 aliphatic heterocycles. The molecule has 5 heteroatoms. The number of carbonyl (C=O) groups is 1. The lowest BCUT2D eigenvalue weighted by atomic mass is 9.98. The van der Waals surface area contributed by atoms with Gasteiger partial charge in [0.15, 0.2) is 6.29 Å². The summed E-state index contributed by atoms with van der Waals surface area (Å²) in [5, 5.41) is 1.71. The fraction of sp³-hybridized carbons (Fsp3) is 0.533. The number of fused-ring (bicyclic) bond motifs is 1. The van der Waals surface area contributed by atoms with Crippen molar-refractivity contribution < 1.29 is 19.1 Å². The van der Waals surface area contributed by atoms with Gasteiger partial charge in [0.05, 0.1) is 19.8 Å². The van der Waals surface area contributed by atoms with E-state index in [-0.39, 0.29) is 24.2 Å². The Kier molecular flexibility index (Phi) is 4.00. The third kappa shape index (κ3) is 2.57. The highest BCUT2D eigenvalue weighted by molar-refractivity contribution is 5.76. The maximum atomic E-state index is 12.2. The summed E-state index contributed by atoms with van der Waals surface area (Å²) in [5.41, 5.74) is 1.10. The number of hydrogen-bond donors (Lipinski definition) is 0. The molecule has 1 aromatic carbocycles. The van der Waals surface area contributed by atoms with Crippen LogP contribution in [0.3, 0.4) is 0 Å². The quantitative estimate of drug-likeness (QED) is 0.784. The summed E-state index contributed by atoms with van der Waals surface area (Å²) in [6.07, 6.45) is 0.521. The van der Waals surface area contributed by atoms with E-state index in [0.717, 1.165) is 12.0 Å². The van der Waals surface area contributed by atoms with Crippen molar-refractivity contribution in [2.24, 2.45) is 5.92 Å². The van der Waals surface area contributed by atoms with E-state index in [4.69, 9.17) is 14.3 Å². The van der Waals surface area contributed by atoms with Crippen LogP contribution in [0.25, 0.3) is 0 Å². The zero-order chi connectivity index (χ0) is 13.9. The Morgan fingerprint density at radius 3 is 2.95 bits per heavy atom. The molecule has 2 saturated heterocycles. The second-order valence-corrected chi connectivity index (χ2v) is 5.05. The summed E-state index contributed by atoms with van der Waals surface area (Å²) in [5.74, 6) is -0.154. The topological polar surface area (TPSA) is 48.0 Å². The molecule has 3 atom stereocenters. The van der Waals surface area contributed by atoms with E-state index in [1.165, 1.54) is 0 Å². The molecule has 1 aromatic rings. The SMILES string of the molecule is CCOC(=O)[C@@H]1[C@H]2CCO[C@H]2ON1Cc1ccccc1. The van der Waals surface area contributed by atoms with Gasteiger partial charge in [-0.3, -0.25) is 9.63 Å². The van der Waals surface area contributed by atoms with E-state index in [9.17, 15) is 4.79 Å². The molecule has 2 heterocycles. The Labute approximate surface area is 118 Å². The summed E-state index contributed by atoms with van der Waals surface area (Å²) in [6.45, 7) is 3.40. The van der Waals surface area contributed by atoms with Crippen molar-refractivity contribution in [2.45, 2.75) is 32.2 Å². The molecule has 0 bridgehead atoms. The van der Waals surface area contributed by atoms with E-state index in [1.807, 2.05) is 37.3 Å². The van der Waals surface area contributed by atoms with E-state index >= 15 is 0 Å². The molecule has 0 aliphatic carbocycles. The minimum absolute atomic E-state index is 0.0674. The average Bonchev–Trinajstić information content (AvgIpc) is 3.00. The van der Waals surface area contributed by atoms with Crippen LogP contribution in [0.2, 0.25) is 0 Å². The van der Waals surface area contributed by atoms with Crippen molar-refractivity contribution in [1.82, 2.24) is 5.06 Å². The highest BCUT2D eigenvalue weighted by Crippen LogP contribution is 2.37. The number of hydroxylamine groups is 2. The highest BCUT2D eigenvalue weighted by atomic mass is 16.8. The van der Waals surface area contributed by atoms with Crippen LogP contribution < -0.4 is 0 Å². The third-order valence-corrected chi connectivity index (χ3v) is 3.75. The van der Waals surface area contributed by atoms with Crippen molar-refractivity contribution in [3.05, 3.63) is 35.9 Å². The van der Waals surface area contributed by atoms with Crippen molar-refractivity contribution in [3.63, 3.8) is 0 Å². The largest absolute Gasteiger partial charge is 0.465 e. The van der Waals surface area contributed by atoms with E-state index in [2.05, 4.69) is 0 Å². The number of nitrogens with zero attached hydrogens (tertiary/aromatic N) is 1. The minimum atomic E-state index is -0.373. The zero-order valence-electron chi connectivity index (χ0n) is 11.5. The van der Waals surface area contributed by atoms with Crippen molar-refractivity contribution >= 4 is 5.97 Å². The van der Waals surface area contributed by atoms with Crippen LogP contribution in [0.15, 0.2) is 30.3 Å². The Bertz CT molecular complexity index is 464. The molecule has 0 amide bonds. The number of carbonyl (C=O) groups excluding carboxylic acids is 1. The molecule has 0 N–H and O–H groups in total. The molecule has 3 rings (SSSR count). The van der Waals surface area contributed by atoms with Gasteiger partial charge in [-0.25, -0.2) is 0 Å². The molecule has 2 fully saturated rings. The first-order chi connectivity index (χ1) is 9.79. The summed E-state index contributed by atoms with van der Waals surface area (Å²) in [4.78, 5) is 18.0. The smallest absolute Gasteiger partial charge is 0.326 e. The second kappa shape index (κ2) is 5.91. The molecule has 0 spiro atoms. The van der Waals surface area contributed by atoms with E-state index in [1.54, 1.807) is 5.06 Å². The minimum Gasteiger partial charge on any atom is -0.465 e. The van der Waals surface area contributed by atoms with Gasteiger partial charge >= 0.3 is 5.97 Å². The van der Waals surface area contributed by atoms with Crippen molar-refractivity contribution in [1.29, 1.82) is 0 Å². The number of hydrogen-bond acceptors (Lipinski definition) is 5. The fourth-order valence-electron chi connectivity index (χ4n) is 2.83. The number of rotatable bonds is 4. The lowest BCUT2D eigenvalue weighted by Crippen LogP contribution is -2.40. The normalized spacial score (nSPS) is 29.4. The molecular formula is C15H19NO4. The van der Waals surface area contributed by atoms with Crippen LogP contribution in [0.5, 0.6) is 0 Å². The molecule has 2 aliphatic rings. The van der Waals surface area contributed by atoms with Gasteiger partial charge in [-0.15, -0.1) is 0 Å². The van der Waals surface area contributed by atoms with Crippen LogP contribution in [0, 0.1) is 5.92 Å². The van der Waals surface area contributed by atoms with Gasteiger partial charge < -0.3 is 9.47 Å². The second-order valence-electron chi connectivity index (χ2n) is 5.05. The number of ether oxygens (including phenoxy) is 2. The molecule has 5 nitrogen and oxygen atoms in total. The van der Waals surface area contributed by atoms with Gasteiger partial charge in [0, 0.05) is 5.92 Å². The first-order valence-corrected chi connectivity index (χ1v) is 7.05. The van der Waals surface area contributed by atoms with E-state index < -0.39 is 0 Å². The summed E-state index contributed by atoms with van der Waals surface area (Å²) >= 11 is 0. The Morgan fingerprint density at radius 2 is 2.20 bits per heavy atom. The number of benzene rings is 1. The van der Waals surface area contributed by atoms with Crippen molar-refractivity contribution in [3.8, 4) is 0 Å². The van der Waals surface area contributed by atoms with E-state index in [0.29, 0.717) is 19.8 Å². The lowest BCUT2D eigenvalue weighted by molar-refractivity contribution is -0.239.